The average molecular weight is 278 g/mol. The molecule has 0 spiro atoms. The zero-order valence-corrected chi connectivity index (χ0v) is 12.5. The van der Waals surface area contributed by atoms with Crippen LogP contribution in [0.4, 0.5) is 0 Å². The predicted octanol–water partition coefficient (Wildman–Crippen LogP) is 4.72. The number of rotatable bonds is 5. The van der Waals surface area contributed by atoms with Crippen LogP contribution in [0.1, 0.15) is 30.2 Å². The van der Waals surface area contributed by atoms with E-state index in [4.69, 9.17) is 16.0 Å². The van der Waals surface area contributed by atoms with E-state index in [0.717, 1.165) is 41.4 Å². The third-order valence-electron chi connectivity index (χ3n) is 3.33. The summed E-state index contributed by atoms with van der Waals surface area (Å²) in [5.74, 6) is 0.943. The number of nitrogens with one attached hydrogen (secondary N) is 1. The quantitative estimate of drug-likeness (QED) is 0.800. The summed E-state index contributed by atoms with van der Waals surface area (Å²) in [6.07, 6.45) is 2.84. The number of hydrogen-bond acceptors (Lipinski definition) is 2. The second-order valence-electron chi connectivity index (χ2n) is 4.85. The highest BCUT2D eigenvalue weighted by molar-refractivity contribution is 6.33. The van der Waals surface area contributed by atoms with Gasteiger partial charge in [0.15, 0.2) is 0 Å². The van der Waals surface area contributed by atoms with Gasteiger partial charge in [-0.3, -0.25) is 0 Å². The zero-order valence-electron chi connectivity index (χ0n) is 11.7. The highest BCUT2D eigenvalue weighted by Crippen LogP contribution is 2.33. The Balaban J connectivity index is 2.32. The second kappa shape index (κ2) is 6.27. The van der Waals surface area contributed by atoms with Crippen molar-refractivity contribution in [2.75, 3.05) is 6.54 Å². The largest absolute Gasteiger partial charge is 0.467 e. The lowest BCUT2D eigenvalue weighted by Crippen LogP contribution is -2.13. The van der Waals surface area contributed by atoms with Gasteiger partial charge in [-0.15, -0.1) is 0 Å². The molecular formula is C16H20ClNO. The van der Waals surface area contributed by atoms with Gasteiger partial charge in [-0.2, -0.15) is 0 Å². The van der Waals surface area contributed by atoms with E-state index in [2.05, 4.69) is 32.2 Å². The van der Waals surface area contributed by atoms with E-state index in [9.17, 15) is 0 Å². The van der Waals surface area contributed by atoms with Gasteiger partial charge in [-0.25, -0.2) is 0 Å². The molecule has 0 unspecified atom stereocenters. The van der Waals surface area contributed by atoms with E-state index in [1.54, 1.807) is 6.26 Å². The highest BCUT2D eigenvalue weighted by atomic mass is 35.5. The maximum atomic E-state index is 6.36. The maximum Gasteiger partial charge on any atom is 0.125 e. The lowest BCUT2D eigenvalue weighted by Gasteiger charge is -2.09. The van der Waals surface area contributed by atoms with E-state index in [-0.39, 0.29) is 0 Å². The Kier molecular flexibility index (Phi) is 4.67. The lowest BCUT2D eigenvalue weighted by molar-refractivity contribution is 0.484. The van der Waals surface area contributed by atoms with Crippen LogP contribution in [0.3, 0.4) is 0 Å². The smallest absolute Gasteiger partial charge is 0.125 e. The Morgan fingerprint density at radius 3 is 2.63 bits per heavy atom. The SMILES string of the molecule is CCCNCc1occc1-c1cc(C)c(C)cc1Cl. The molecule has 0 amide bonds. The Morgan fingerprint density at radius 1 is 1.16 bits per heavy atom. The van der Waals surface area contributed by atoms with Crippen molar-refractivity contribution in [1.82, 2.24) is 5.32 Å². The molecule has 0 saturated carbocycles. The number of halogens is 1. The summed E-state index contributed by atoms with van der Waals surface area (Å²) in [5.41, 5.74) is 4.58. The fourth-order valence-electron chi connectivity index (χ4n) is 2.08. The van der Waals surface area contributed by atoms with Gasteiger partial charge in [-0.05, 0) is 56.1 Å². The van der Waals surface area contributed by atoms with Gasteiger partial charge < -0.3 is 9.73 Å². The molecule has 0 aliphatic carbocycles. The molecule has 3 heteroatoms. The van der Waals surface area contributed by atoms with Crippen molar-refractivity contribution < 1.29 is 4.42 Å². The van der Waals surface area contributed by atoms with Gasteiger partial charge in [0.2, 0.25) is 0 Å². The topological polar surface area (TPSA) is 25.2 Å². The van der Waals surface area contributed by atoms with Crippen molar-refractivity contribution >= 4 is 11.6 Å². The van der Waals surface area contributed by atoms with Crippen molar-refractivity contribution in [3.05, 3.63) is 46.4 Å². The maximum absolute atomic E-state index is 6.36. The summed E-state index contributed by atoms with van der Waals surface area (Å²) in [6.45, 7) is 8.05. The first-order valence-electron chi connectivity index (χ1n) is 6.67. The molecule has 0 saturated heterocycles. The van der Waals surface area contributed by atoms with Gasteiger partial charge in [0.1, 0.15) is 5.76 Å². The zero-order chi connectivity index (χ0) is 13.8. The molecule has 0 aliphatic rings. The van der Waals surface area contributed by atoms with Gasteiger partial charge in [0.05, 0.1) is 12.8 Å². The standard InChI is InChI=1S/C16H20ClNO/c1-4-6-18-10-16-13(5-7-19-16)14-8-11(2)12(3)9-15(14)17/h5,7-9,18H,4,6,10H2,1-3H3. The molecule has 0 radical (unpaired) electrons. The third kappa shape index (κ3) is 3.20. The Hall–Kier alpha value is -1.25. The molecule has 0 fully saturated rings. The third-order valence-corrected chi connectivity index (χ3v) is 3.64. The number of hydrogen-bond donors (Lipinski definition) is 1. The van der Waals surface area contributed by atoms with Crippen LogP contribution < -0.4 is 5.32 Å². The van der Waals surface area contributed by atoms with Crippen molar-refractivity contribution in [3.8, 4) is 11.1 Å². The molecule has 1 aromatic carbocycles. The first kappa shape index (κ1) is 14.2. The molecule has 0 aliphatic heterocycles. The number of furan rings is 1. The molecular weight excluding hydrogens is 258 g/mol. The minimum atomic E-state index is 0.736. The Bertz CT molecular complexity index is 560. The highest BCUT2D eigenvalue weighted by Gasteiger charge is 2.12. The number of aryl methyl sites for hydroxylation is 2. The molecule has 102 valence electrons. The van der Waals surface area contributed by atoms with Gasteiger partial charge in [0.25, 0.3) is 0 Å². The summed E-state index contributed by atoms with van der Waals surface area (Å²) in [6, 6.07) is 6.13. The Morgan fingerprint density at radius 2 is 1.89 bits per heavy atom. The van der Waals surface area contributed by atoms with Crippen LogP contribution in [0.5, 0.6) is 0 Å². The minimum Gasteiger partial charge on any atom is -0.467 e. The molecule has 1 heterocycles. The monoisotopic (exact) mass is 277 g/mol. The summed E-state index contributed by atoms with van der Waals surface area (Å²) >= 11 is 6.36. The van der Waals surface area contributed by atoms with Crippen molar-refractivity contribution in [2.45, 2.75) is 33.7 Å². The van der Waals surface area contributed by atoms with E-state index in [0.29, 0.717) is 0 Å². The molecule has 19 heavy (non-hydrogen) atoms. The van der Waals surface area contributed by atoms with E-state index in [1.807, 2.05) is 12.1 Å². The summed E-state index contributed by atoms with van der Waals surface area (Å²) in [5, 5.41) is 4.14. The van der Waals surface area contributed by atoms with Crippen LogP contribution in [0.15, 0.2) is 28.9 Å². The minimum absolute atomic E-state index is 0.736. The predicted molar refractivity (Wildman–Crippen MR) is 80.6 cm³/mol. The Labute approximate surface area is 119 Å². The van der Waals surface area contributed by atoms with Gasteiger partial charge in [0, 0.05) is 16.1 Å². The van der Waals surface area contributed by atoms with E-state index >= 15 is 0 Å². The average Bonchev–Trinajstić information content (AvgIpc) is 2.82. The van der Waals surface area contributed by atoms with Gasteiger partial charge >= 0.3 is 0 Å². The molecule has 2 rings (SSSR count). The van der Waals surface area contributed by atoms with Crippen LogP contribution in [-0.4, -0.2) is 6.54 Å². The molecule has 1 N–H and O–H groups in total. The molecule has 2 aromatic rings. The first-order chi connectivity index (χ1) is 9.13. The van der Waals surface area contributed by atoms with Crippen LogP contribution in [0.25, 0.3) is 11.1 Å². The number of benzene rings is 1. The summed E-state index contributed by atoms with van der Waals surface area (Å²) in [4.78, 5) is 0. The molecule has 0 atom stereocenters. The molecule has 0 bridgehead atoms. The fourth-order valence-corrected chi connectivity index (χ4v) is 2.40. The van der Waals surface area contributed by atoms with Crippen molar-refractivity contribution in [2.24, 2.45) is 0 Å². The van der Waals surface area contributed by atoms with Crippen molar-refractivity contribution in [1.29, 1.82) is 0 Å². The first-order valence-corrected chi connectivity index (χ1v) is 7.05. The lowest BCUT2D eigenvalue weighted by atomic mass is 10.0. The van der Waals surface area contributed by atoms with Crippen LogP contribution >= 0.6 is 11.6 Å². The summed E-state index contributed by atoms with van der Waals surface area (Å²) in [7, 11) is 0. The van der Waals surface area contributed by atoms with Crippen LogP contribution in [-0.2, 0) is 6.54 Å². The van der Waals surface area contributed by atoms with E-state index < -0.39 is 0 Å². The van der Waals surface area contributed by atoms with Crippen LogP contribution in [0, 0.1) is 13.8 Å². The summed E-state index contributed by atoms with van der Waals surface area (Å²) < 4.78 is 5.57. The van der Waals surface area contributed by atoms with Crippen molar-refractivity contribution in [3.63, 3.8) is 0 Å². The molecule has 2 nitrogen and oxygen atoms in total. The van der Waals surface area contributed by atoms with E-state index in [1.165, 1.54) is 11.1 Å². The van der Waals surface area contributed by atoms with Crippen LogP contribution in [0.2, 0.25) is 5.02 Å². The normalized spacial score (nSPS) is 10.9. The second-order valence-corrected chi connectivity index (χ2v) is 5.26. The molecule has 1 aromatic heterocycles. The van der Waals surface area contributed by atoms with Gasteiger partial charge in [-0.1, -0.05) is 18.5 Å². The fraction of sp³-hybridized carbons (Fsp3) is 0.375.